The first kappa shape index (κ1) is 19.0. The second-order valence-electron chi connectivity index (χ2n) is 6.22. The van der Waals surface area contributed by atoms with Gasteiger partial charge >= 0.3 is 4.87 Å². The van der Waals surface area contributed by atoms with Crippen LogP contribution in [0.25, 0.3) is 10.2 Å². The number of benzene rings is 2. The van der Waals surface area contributed by atoms with Crippen molar-refractivity contribution in [2.45, 2.75) is 37.0 Å². The molecule has 0 fully saturated rings. The topological polar surface area (TPSA) is 51.1 Å². The van der Waals surface area contributed by atoms with Gasteiger partial charge in [-0.15, -0.1) is 11.8 Å². The first-order valence-electron chi connectivity index (χ1n) is 8.23. The maximum atomic E-state index is 12.5. The lowest BCUT2D eigenvalue weighted by Crippen LogP contribution is -2.22. The van der Waals surface area contributed by atoms with E-state index in [1.165, 1.54) is 23.1 Å². The minimum atomic E-state index is -0.258. The van der Waals surface area contributed by atoms with Crippen LogP contribution in [0, 0.1) is 0 Å². The molecule has 0 aliphatic rings. The number of anilines is 1. The van der Waals surface area contributed by atoms with Crippen molar-refractivity contribution in [3.05, 3.63) is 57.2 Å². The van der Waals surface area contributed by atoms with Crippen LogP contribution in [-0.2, 0) is 4.79 Å². The SMILES string of the molecule is CC(C)n1c(=O)sc2cc(NC(=O)[C@H](C)Sc3ccc(Cl)cc3)ccc21. The summed E-state index contributed by atoms with van der Waals surface area (Å²) in [5, 5.41) is 3.35. The summed E-state index contributed by atoms with van der Waals surface area (Å²) in [6.45, 7) is 5.83. The molecule has 0 radical (unpaired) electrons. The summed E-state index contributed by atoms with van der Waals surface area (Å²) in [5.74, 6) is -0.0834. The highest BCUT2D eigenvalue weighted by molar-refractivity contribution is 8.00. The van der Waals surface area contributed by atoms with Gasteiger partial charge in [0.05, 0.1) is 15.5 Å². The summed E-state index contributed by atoms with van der Waals surface area (Å²) in [6.07, 6.45) is 0. The Morgan fingerprint density at radius 3 is 2.50 bits per heavy atom. The van der Waals surface area contributed by atoms with E-state index in [2.05, 4.69) is 5.32 Å². The van der Waals surface area contributed by atoms with Crippen molar-refractivity contribution in [1.29, 1.82) is 0 Å². The van der Waals surface area contributed by atoms with Crippen molar-refractivity contribution in [3.63, 3.8) is 0 Å². The van der Waals surface area contributed by atoms with Crippen LogP contribution in [0.1, 0.15) is 26.8 Å². The third-order valence-corrected chi connectivity index (χ3v) is 6.18. The monoisotopic (exact) mass is 406 g/mol. The number of nitrogens with zero attached hydrogens (tertiary/aromatic N) is 1. The number of fused-ring (bicyclic) bond motifs is 1. The Bertz CT molecular complexity index is 993. The van der Waals surface area contributed by atoms with Crippen molar-refractivity contribution in [1.82, 2.24) is 4.57 Å². The van der Waals surface area contributed by atoms with Crippen molar-refractivity contribution >= 4 is 56.5 Å². The highest BCUT2D eigenvalue weighted by Crippen LogP contribution is 2.27. The van der Waals surface area contributed by atoms with E-state index >= 15 is 0 Å². The normalized spacial score (nSPS) is 12.5. The maximum absolute atomic E-state index is 12.5. The molecule has 3 rings (SSSR count). The Kier molecular flexibility index (Phi) is 5.75. The van der Waals surface area contributed by atoms with E-state index in [4.69, 9.17) is 11.6 Å². The van der Waals surface area contributed by atoms with Crippen LogP contribution >= 0.6 is 34.7 Å². The molecule has 1 heterocycles. The third-order valence-electron chi connectivity index (χ3n) is 3.89. The number of carbonyl (C=O) groups is 1. The van der Waals surface area contributed by atoms with Crippen molar-refractivity contribution in [3.8, 4) is 0 Å². The van der Waals surface area contributed by atoms with Crippen LogP contribution in [-0.4, -0.2) is 15.7 Å². The molecule has 0 aliphatic carbocycles. The predicted octanol–water partition coefficient (Wildman–Crippen LogP) is 5.42. The van der Waals surface area contributed by atoms with Crippen LogP contribution in [0.4, 0.5) is 5.69 Å². The molecule has 0 aliphatic heterocycles. The predicted molar refractivity (Wildman–Crippen MR) is 112 cm³/mol. The second kappa shape index (κ2) is 7.86. The van der Waals surface area contributed by atoms with E-state index in [0.717, 1.165) is 15.1 Å². The molecule has 0 bridgehead atoms. The Morgan fingerprint density at radius 2 is 1.85 bits per heavy atom. The molecule has 7 heteroatoms. The Balaban J connectivity index is 1.74. The fourth-order valence-electron chi connectivity index (χ4n) is 2.62. The molecule has 0 saturated carbocycles. The van der Waals surface area contributed by atoms with Gasteiger partial charge in [0, 0.05) is 21.6 Å². The second-order valence-corrected chi connectivity index (χ2v) is 9.06. The van der Waals surface area contributed by atoms with Crippen molar-refractivity contribution < 1.29 is 4.79 Å². The number of thioether (sulfide) groups is 1. The number of hydrogen-bond acceptors (Lipinski definition) is 4. The van der Waals surface area contributed by atoms with Gasteiger partial charge in [0.15, 0.2) is 0 Å². The Labute approximate surface area is 165 Å². The third kappa shape index (κ3) is 4.14. The van der Waals surface area contributed by atoms with Gasteiger partial charge in [-0.05, 0) is 63.2 Å². The van der Waals surface area contributed by atoms with Crippen LogP contribution in [0.2, 0.25) is 5.02 Å². The maximum Gasteiger partial charge on any atom is 0.308 e. The molecule has 1 amide bonds. The summed E-state index contributed by atoms with van der Waals surface area (Å²) in [7, 11) is 0. The van der Waals surface area contributed by atoms with Gasteiger partial charge < -0.3 is 5.32 Å². The fourth-order valence-corrected chi connectivity index (χ4v) is 4.66. The zero-order valence-corrected chi connectivity index (χ0v) is 17.0. The first-order valence-corrected chi connectivity index (χ1v) is 10.3. The molecule has 26 heavy (non-hydrogen) atoms. The highest BCUT2D eigenvalue weighted by atomic mass is 35.5. The van der Waals surface area contributed by atoms with Gasteiger partial charge in [0.2, 0.25) is 5.91 Å². The summed E-state index contributed by atoms with van der Waals surface area (Å²) in [4.78, 5) is 25.6. The number of aromatic nitrogens is 1. The largest absolute Gasteiger partial charge is 0.325 e. The van der Waals surface area contributed by atoms with E-state index in [0.29, 0.717) is 10.7 Å². The van der Waals surface area contributed by atoms with E-state index in [1.807, 2.05) is 63.2 Å². The zero-order chi connectivity index (χ0) is 18.8. The minimum Gasteiger partial charge on any atom is -0.325 e. The fraction of sp³-hybridized carbons (Fsp3) is 0.263. The summed E-state index contributed by atoms with van der Waals surface area (Å²) < 4.78 is 2.64. The van der Waals surface area contributed by atoms with Crippen LogP contribution in [0.15, 0.2) is 52.2 Å². The molecule has 1 aromatic heterocycles. The number of nitrogens with one attached hydrogen (secondary N) is 1. The van der Waals surface area contributed by atoms with Gasteiger partial charge in [0.1, 0.15) is 0 Å². The standard InChI is InChI=1S/C19H19ClN2O2S2/c1-11(2)22-16-9-6-14(10-17(16)26-19(22)24)21-18(23)12(3)25-15-7-4-13(20)5-8-15/h4-12H,1-3H3,(H,21,23)/t12-/m0/s1. The number of amides is 1. The Hall–Kier alpha value is -1.76. The molecule has 2 aromatic carbocycles. The molecule has 0 spiro atoms. The molecule has 4 nitrogen and oxygen atoms in total. The zero-order valence-electron chi connectivity index (χ0n) is 14.7. The average molecular weight is 407 g/mol. The molecule has 0 unspecified atom stereocenters. The number of halogens is 1. The molecule has 0 saturated heterocycles. The lowest BCUT2D eigenvalue weighted by molar-refractivity contribution is -0.115. The van der Waals surface area contributed by atoms with Crippen LogP contribution in [0.5, 0.6) is 0 Å². The summed E-state index contributed by atoms with van der Waals surface area (Å²) in [5.41, 5.74) is 1.60. The summed E-state index contributed by atoms with van der Waals surface area (Å²) >= 11 is 8.56. The molecule has 1 atom stereocenters. The van der Waals surface area contributed by atoms with Gasteiger partial charge in [-0.25, -0.2) is 0 Å². The summed E-state index contributed by atoms with van der Waals surface area (Å²) in [6, 6.07) is 13.1. The average Bonchev–Trinajstić information content (AvgIpc) is 2.92. The van der Waals surface area contributed by atoms with E-state index in [-0.39, 0.29) is 22.1 Å². The van der Waals surface area contributed by atoms with Crippen molar-refractivity contribution in [2.24, 2.45) is 0 Å². The highest BCUT2D eigenvalue weighted by Gasteiger charge is 2.16. The molecular weight excluding hydrogens is 388 g/mol. The first-order chi connectivity index (χ1) is 12.3. The van der Waals surface area contributed by atoms with Gasteiger partial charge in [-0.1, -0.05) is 22.9 Å². The lowest BCUT2D eigenvalue weighted by atomic mass is 10.2. The minimum absolute atomic E-state index is 0.0186. The Morgan fingerprint density at radius 1 is 1.15 bits per heavy atom. The van der Waals surface area contributed by atoms with Crippen LogP contribution < -0.4 is 10.2 Å². The number of carbonyl (C=O) groups excluding carboxylic acids is 1. The number of rotatable bonds is 5. The number of thiazole rings is 1. The van der Waals surface area contributed by atoms with Gasteiger partial charge in [0.25, 0.3) is 0 Å². The smallest absolute Gasteiger partial charge is 0.308 e. The van der Waals surface area contributed by atoms with Gasteiger partial charge in [-0.3, -0.25) is 14.2 Å². The van der Waals surface area contributed by atoms with E-state index < -0.39 is 0 Å². The molecule has 3 aromatic rings. The van der Waals surface area contributed by atoms with E-state index in [9.17, 15) is 9.59 Å². The van der Waals surface area contributed by atoms with Crippen molar-refractivity contribution in [2.75, 3.05) is 5.32 Å². The van der Waals surface area contributed by atoms with Gasteiger partial charge in [-0.2, -0.15) is 0 Å². The van der Waals surface area contributed by atoms with Crippen LogP contribution in [0.3, 0.4) is 0 Å². The number of hydrogen-bond donors (Lipinski definition) is 1. The molecule has 1 N–H and O–H groups in total. The molecule has 136 valence electrons. The molecular formula is C19H19ClN2O2S2. The van der Waals surface area contributed by atoms with E-state index in [1.54, 1.807) is 4.57 Å². The lowest BCUT2D eigenvalue weighted by Gasteiger charge is -2.12. The quantitative estimate of drug-likeness (QED) is 0.576.